The number of nitrogens with zero attached hydrogens (tertiary/aromatic N) is 2. The first-order valence-electron chi connectivity index (χ1n) is 10.2. The van der Waals surface area contributed by atoms with E-state index in [2.05, 4.69) is 10.4 Å². The van der Waals surface area contributed by atoms with Gasteiger partial charge in [0, 0.05) is 16.1 Å². The number of carbonyl (C=O) groups excluding carboxylic acids is 1. The van der Waals surface area contributed by atoms with Crippen LogP contribution in [0.3, 0.4) is 0 Å². The van der Waals surface area contributed by atoms with Crippen molar-refractivity contribution in [1.82, 2.24) is 15.1 Å². The highest BCUT2D eigenvalue weighted by molar-refractivity contribution is 6.35. The van der Waals surface area contributed by atoms with E-state index in [1.165, 1.54) is 0 Å². The van der Waals surface area contributed by atoms with Gasteiger partial charge in [-0.05, 0) is 62.2 Å². The number of halogens is 2. The zero-order chi connectivity index (χ0) is 22.1. The van der Waals surface area contributed by atoms with Gasteiger partial charge in [0.05, 0.1) is 28.5 Å². The fourth-order valence-electron chi connectivity index (χ4n) is 4.01. The molecule has 1 saturated carbocycles. The monoisotopic (exact) mass is 459 g/mol. The van der Waals surface area contributed by atoms with Gasteiger partial charge < -0.3 is 15.5 Å². The highest BCUT2D eigenvalue weighted by atomic mass is 35.5. The number of aromatic hydroxyl groups is 1. The van der Waals surface area contributed by atoms with Crippen LogP contribution in [-0.4, -0.2) is 38.0 Å². The number of hydrogen-bond donors (Lipinski definition) is 3. The summed E-state index contributed by atoms with van der Waals surface area (Å²) >= 11 is 12.5. The molecule has 3 N–H and O–H groups in total. The minimum absolute atomic E-state index is 0.140. The van der Waals surface area contributed by atoms with Gasteiger partial charge in [0.15, 0.2) is 5.69 Å². The third kappa shape index (κ3) is 4.42. The first-order valence-corrected chi connectivity index (χ1v) is 10.9. The van der Waals surface area contributed by atoms with Gasteiger partial charge in [0.2, 0.25) is 0 Å². The fourth-order valence-corrected chi connectivity index (χ4v) is 4.50. The van der Waals surface area contributed by atoms with Gasteiger partial charge in [-0.1, -0.05) is 36.0 Å². The maximum atomic E-state index is 13.1. The lowest BCUT2D eigenvalue weighted by atomic mass is 9.92. The van der Waals surface area contributed by atoms with E-state index in [-0.39, 0.29) is 23.4 Å². The number of aliphatic hydroxyl groups excluding tert-OH is 1. The highest BCUT2D eigenvalue weighted by Crippen LogP contribution is 2.33. The molecule has 4 rings (SSSR count). The van der Waals surface area contributed by atoms with E-state index >= 15 is 0 Å². The first-order chi connectivity index (χ1) is 14.8. The lowest BCUT2D eigenvalue weighted by Gasteiger charge is -2.28. The van der Waals surface area contributed by atoms with Crippen molar-refractivity contribution >= 4 is 29.1 Å². The molecule has 1 amide bonds. The van der Waals surface area contributed by atoms with Crippen LogP contribution in [0.5, 0.6) is 5.75 Å². The molecule has 0 spiro atoms. The van der Waals surface area contributed by atoms with E-state index in [0.717, 1.165) is 24.8 Å². The summed E-state index contributed by atoms with van der Waals surface area (Å²) in [7, 11) is 0. The molecule has 0 saturated heterocycles. The Labute approximate surface area is 190 Å². The molecule has 2 aromatic carbocycles. The molecule has 1 aliphatic rings. The Bertz CT molecular complexity index is 1110. The molecule has 0 bridgehead atoms. The average Bonchev–Trinajstić information content (AvgIpc) is 3.07. The molecule has 0 aliphatic heterocycles. The molecule has 1 heterocycles. The second-order valence-electron chi connectivity index (χ2n) is 7.81. The minimum Gasteiger partial charge on any atom is -0.508 e. The van der Waals surface area contributed by atoms with Gasteiger partial charge in [-0.3, -0.25) is 4.79 Å². The smallest absolute Gasteiger partial charge is 0.272 e. The molecule has 2 atom stereocenters. The molecule has 0 unspecified atom stereocenters. The standard InChI is InChI=1S/C23H23Cl2N3O3/c1-13-21(23(31)26-18-4-2-3-5-20(18)30)27-28(19-11-8-15(24)12-17(19)25)22(13)14-6-9-16(29)10-7-14/h6-12,18,20,29-30H,2-5H2,1H3,(H,26,31)/t18-,20+/m1/s1. The fraction of sp³-hybridized carbons (Fsp3) is 0.304. The summed E-state index contributed by atoms with van der Waals surface area (Å²) in [6.07, 6.45) is 2.79. The summed E-state index contributed by atoms with van der Waals surface area (Å²) in [6.45, 7) is 1.82. The second-order valence-corrected chi connectivity index (χ2v) is 8.65. The van der Waals surface area contributed by atoms with Crippen LogP contribution in [0.4, 0.5) is 0 Å². The van der Waals surface area contributed by atoms with E-state index in [0.29, 0.717) is 33.4 Å². The van der Waals surface area contributed by atoms with Crippen molar-refractivity contribution in [3.05, 3.63) is 63.8 Å². The zero-order valence-corrected chi connectivity index (χ0v) is 18.5. The first kappa shape index (κ1) is 21.7. The predicted molar refractivity (Wildman–Crippen MR) is 121 cm³/mol. The number of carbonyl (C=O) groups is 1. The van der Waals surface area contributed by atoms with Crippen molar-refractivity contribution in [1.29, 1.82) is 0 Å². The van der Waals surface area contributed by atoms with E-state index in [9.17, 15) is 15.0 Å². The van der Waals surface area contributed by atoms with Gasteiger partial charge in [-0.2, -0.15) is 5.10 Å². The molecule has 6 nitrogen and oxygen atoms in total. The Hall–Kier alpha value is -2.54. The van der Waals surface area contributed by atoms with E-state index in [4.69, 9.17) is 23.2 Å². The van der Waals surface area contributed by atoms with Gasteiger partial charge in [0.25, 0.3) is 5.91 Å². The quantitative estimate of drug-likeness (QED) is 0.517. The number of hydrogen-bond acceptors (Lipinski definition) is 4. The molecule has 0 radical (unpaired) electrons. The van der Waals surface area contributed by atoms with Gasteiger partial charge in [0.1, 0.15) is 5.75 Å². The molecular formula is C23H23Cl2N3O3. The summed E-state index contributed by atoms with van der Waals surface area (Å²) < 4.78 is 1.62. The largest absolute Gasteiger partial charge is 0.508 e. The Morgan fingerprint density at radius 2 is 1.84 bits per heavy atom. The Kier molecular flexibility index (Phi) is 6.23. The van der Waals surface area contributed by atoms with Crippen molar-refractivity contribution in [2.24, 2.45) is 0 Å². The van der Waals surface area contributed by atoms with Crippen LogP contribution < -0.4 is 5.32 Å². The van der Waals surface area contributed by atoms with Crippen LogP contribution in [0.1, 0.15) is 41.7 Å². The van der Waals surface area contributed by atoms with Gasteiger partial charge in [-0.25, -0.2) is 4.68 Å². The van der Waals surface area contributed by atoms with E-state index in [1.54, 1.807) is 47.1 Å². The van der Waals surface area contributed by atoms with Crippen molar-refractivity contribution in [2.45, 2.75) is 44.8 Å². The summed E-state index contributed by atoms with van der Waals surface area (Å²) in [5.74, 6) is -0.200. The topological polar surface area (TPSA) is 87.4 Å². The minimum atomic E-state index is -0.553. The van der Waals surface area contributed by atoms with Crippen molar-refractivity contribution in [3.63, 3.8) is 0 Å². The van der Waals surface area contributed by atoms with Crippen LogP contribution in [0, 0.1) is 6.92 Å². The van der Waals surface area contributed by atoms with Crippen molar-refractivity contribution in [3.8, 4) is 22.7 Å². The third-order valence-corrected chi connectivity index (χ3v) is 6.20. The predicted octanol–water partition coefficient (Wildman–Crippen LogP) is 4.89. The van der Waals surface area contributed by atoms with Crippen molar-refractivity contribution < 1.29 is 15.0 Å². The molecule has 1 fully saturated rings. The maximum absolute atomic E-state index is 13.1. The second kappa shape index (κ2) is 8.91. The molecule has 31 heavy (non-hydrogen) atoms. The van der Waals surface area contributed by atoms with E-state index < -0.39 is 6.10 Å². The zero-order valence-electron chi connectivity index (χ0n) is 17.0. The molecule has 3 aromatic rings. The molecule has 1 aliphatic carbocycles. The van der Waals surface area contributed by atoms with Crippen LogP contribution in [0.2, 0.25) is 10.0 Å². The highest BCUT2D eigenvalue weighted by Gasteiger charge is 2.28. The molecular weight excluding hydrogens is 437 g/mol. The number of nitrogens with one attached hydrogen (secondary N) is 1. The normalized spacial score (nSPS) is 18.7. The number of aromatic nitrogens is 2. The number of aliphatic hydroxyl groups is 1. The summed E-state index contributed by atoms with van der Waals surface area (Å²) in [6, 6.07) is 11.4. The lowest BCUT2D eigenvalue weighted by Crippen LogP contribution is -2.45. The summed E-state index contributed by atoms with van der Waals surface area (Å²) in [5, 5.41) is 28.4. The number of phenolic OH excluding ortho intramolecular Hbond substituents is 1. The average molecular weight is 460 g/mol. The number of amides is 1. The summed E-state index contributed by atoms with van der Waals surface area (Å²) in [4.78, 5) is 13.1. The number of phenols is 1. The van der Waals surface area contributed by atoms with Crippen LogP contribution in [0.15, 0.2) is 42.5 Å². The molecule has 162 valence electrons. The Balaban J connectivity index is 1.80. The lowest BCUT2D eigenvalue weighted by molar-refractivity contribution is 0.0713. The molecule has 8 heteroatoms. The Morgan fingerprint density at radius 1 is 1.13 bits per heavy atom. The van der Waals surface area contributed by atoms with Gasteiger partial charge in [-0.15, -0.1) is 0 Å². The number of rotatable bonds is 4. The SMILES string of the molecule is Cc1c(C(=O)N[C@@H]2CCCC[C@@H]2O)nn(-c2ccc(Cl)cc2Cl)c1-c1ccc(O)cc1. The summed E-state index contributed by atoms with van der Waals surface area (Å²) in [5.41, 5.74) is 2.95. The number of benzene rings is 2. The Morgan fingerprint density at radius 3 is 2.52 bits per heavy atom. The maximum Gasteiger partial charge on any atom is 0.272 e. The van der Waals surface area contributed by atoms with Crippen LogP contribution in [0.25, 0.3) is 16.9 Å². The van der Waals surface area contributed by atoms with Crippen LogP contribution >= 0.6 is 23.2 Å². The van der Waals surface area contributed by atoms with Crippen LogP contribution in [-0.2, 0) is 0 Å². The third-order valence-electron chi connectivity index (χ3n) is 5.66. The molecule has 1 aromatic heterocycles. The van der Waals surface area contributed by atoms with Crippen molar-refractivity contribution in [2.75, 3.05) is 0 Å². The van der Waals surface area contributed by atoms with E-state index in [1.807, 2.05) is 6.92 Å². The van der Waals surface area contributed by atoms with Gasteiger partial charge >= 0.3 is 0 Å².